The van der Waals surface area contributed by atoms with Gasteiger partial charge in [0.05, 0.1) is 27.8 Å². The highest BCUT2D eigenvalue weighted by atomic mass is 16.3. The van der Waals surface area contributed by atoms with E-state index in [-0.39, 0.29) is 0 Å². The molecule has 0 aliphatic rings. The highest BCUT2D eigenvalue weighted by Crippen LogP contribution is 2.40. The lowest BCUT2D eigenvalue weighted by molar-refractivity contribution is 0.669. The van der Waals surface area contributed by atoms with Crippen LogP contribution in [-0.4, -0.2) is 23.9 Å². The molecule has 0 aliphatic heterocycles. The average Bonchev–Trinajstić information content (AvgIpc) is 4.11. The molecular weight excluding hydrogens is 783 g/mol. The molecule has 0 unspecified atom stereocenters. The molecule has 8 aromatic carbocycles. The molecule has 0 aliphatic carbocycles. The molecule has 0 bridgehead atoms. The molecule has 64 heavy (non-hydrogen) atoms. The van der Waals surface area contributed by atoms with Crippen molar-refractivity contribution in [2.75, 3.05) is 0 Å². The summed E-state index contributed by atoms with van der Waals surface area (Å²) in [5.41, 5.74) is 14.4. The number of hydrogen-bond acceptors (Lipinski definition) is 3. The van der Waals surface area contributed by atoms with E-state index in [1.165, 1.54) is 10.8 Å². The topological polar surface area (TPSA) is 53.7 Å². The molecule has 0 atom stereocenters. The van der Waals surface area contributed by atoms with Gasteiger partial charge in [0, 0.05) is 60.9 Å². The predicted octanol–water partition coefficient (Wildman–Crippen LogP) is 15.2. The summed E-state index contributed by atoms with van der Waals surface area (Å²) in [4.78, 5) is 0. The van der Waals surface area contributed by atoms with Gasteiger partial charge in [-0.1, -0.05) is 140 Å². The summed E-state index contributed by atoms with van der Waals surface area (Å²) in [5, 5.41) is 16.4. The van der Waals surface area contributed by atoms with Crippen LogP contribution in [0.1, 0.15) is 19.4 Å². The Labute approximate surface area is 369 Å². The van der Waals surface area contributed by atoms with Gasteiger partial charge in [0.2, 0.25) is 0 Å². The first-order chi connectivity index (χ1) is 31.5. The Kier molecular flexibility index (Phi) is 8.66. The molecule has 0 radical (unpaired) electrons. The molecular formula is C58H41N5O. The number of nitrogens with zero attached hydrogens (tertiary/aromatic N) is 5. The Hall–Kier alpha value is -8.48. The summed E-state index contributed by atoms with van der Waals surface area (Å²) in [6.45, 7) is 8.78. The van der Waals surface area contributed by atoms with Gasteiger partial charge in [-0.3, -0.25) is 4.57 Å². The van der Waals surface area contributed by atoms with Crippen LogP contribution in [-0.2, 0) is 0 Å². The minimum atomic E-state index is 0.786. The van der Waals surface area contributed by atoms with E-state index < -0.39 is 0 Å². The van der Waals surface area contributed by atoms with Crippen molar-refractivity contribution in [3.63, 3.8) is 0 Å². The second kappa shape index (κ2) is 14.9. The summed E-state index contributed by atoms with van der Waals surface area (Å²) in [5.74, 6) is 1.57. The van der Waals surface area contributed by atoms with Gasteiger partial charge in [-0.2, -0.15) is 0 Å². The van der Waals surface area contributed by atoms with Crippen molar-refractivity contribution in [3.8, 4) is 34.2 Å². The van der Waals surface area contributed by atoms with Crippen molar-refractivity contribution in [2.45, 2.75) is 13.8 Å². The molecule has 0 spiro atoms. The Bertz CT molecular complexity index is 3820. The quantitative estimate of drug-likeness (QED) is 0.143. The van der Waals surface area contributed by atoms with Crippen molar-refractivity contribution < 1.29 is 4.42 Å². The fourth-order valence-corrected chi connectivity index (χ4v) is 9.59. The number of benzene rings is 8. The predicted molar refractivity (Wildman–Crippen MR) is 266 cm³/mol. The van der Waals surface area contributed by atoms with Gasteiger partial charge >= 0.3 is 0 Å². The SMILES string of the molecule is C=C(C)/C(=C\C(=C/C)c1cccc(-n2c3ccccc3c3cc4c(cc32)oc2ccccc24)c1)n1c2ccccc2c2cc(-n3c(-c4ccccc4)nnc3-c3ccccc3)ccc21. The van der Waals surface area contributed by atoms with Crippen molar-refractivity contribution in [2.24, 2.45) is 0 Å². The smallest absolute Gasteiger partial charge is 0.168 e. The van der Waals surface area contributed by atoms with Crippen LogP contribution in [0.15, 0.2) is 217 Å². The zero-order valence-electron chi connectivity index (χ0n) is 35.4. The van der Waals surface area contributed by atoms with Crippen molar-refractivity contribution in [3.05, 3.63) is 218 Å². The number of furan rings is 1. The number of para-hydroxylation sites is 3. The van der Waals surface area contributed by atoms with Crippen LogP contribution >= 0.6 is 0 Å². The zero-order valence-corrected chi connectivity index (χ0v) is 35.4. The van der Waals surface area contributed by atoms with Crippen LogP contribution in [0.4, 0.5) is 0 Å². The van der Waals surface area contributed by atoms with E-state index in [0.29, 0.717) is 0 Å². The monoisotopic (exact) mass is 823 g/mol. The van der Waals surface area contributed by atoms with E-state index in [1.807, 2.05) is 48.5 Å². The third kappa shape index (κ3) is 5.87. The van der Waals surface area contributed by atoms with E-state index in [4.69, 9.17) is 14.6 Å². The third-order valence-electron chi connectivity index (χ3n) is 12.5. The minimum absolute atomic E-state index is 0.786. The van der Waals surface area contributed by atoms with E-state index in [0.717, 1.165) is 111 Å². The summed E-state index contributed by atoms with van der Waals surface area (Å²) in [6.07, 6.45) is 4.48. The van der Waals surface area contributed by atoms with Crippen molar-refractivity contribution in [1.29, 1.82) is 0 Å². The van der Waals surface area contributed by atoms with E-state index in [1.54, 1.807) is 0 Å². The lowest BCUT2D eigenvalue weighted by Crippen LogP contribution is -2.02. The van der Waals surface area contributed by atoms with Crippen LogP contribution in [0.5, 0.6) is 0 Å². The second-order valence-electron chi connectivity index (χ2n) is 16.4. The van der Waals surface area contributed by atoms with E-state index in [9.17, 15) is 0 Å². The van der Waals surface area contributed by atoms with Crippen LogP contribution in [0.2, 0.25) is 0 Å². The van der Waals surface area contributed by atoms with Gasteiger partial charge in [0.25, 0.3) is 0 Å². The Morgan fingerprint density at radius 2 is 1.08 bits per heavy atom. The van der Waals surface area contributed by atoms with Gasteiger partial charge in [-0.25, -0.2) is 0 Å². The maximum atomic E-state index is 6.41. The molecule has 4 heterocycles. The molecule has 0 fully saturated rings. The molecule has 6 nitrogen and oxygen atoms in total. The first-order valence-electron chi connectivity index (χ1n) is 21.6. The lowest BCUT2D eigenvalue weighted by Gasteiger charge is -2.16. The average molecular weight is 824 g/mol. The van der Waals surface area contributed by atoms with Gasteiger partial charge in [-0.15, -0.1) is 10.2 Å². The Morgan fingerprint density at radius 1 is 0.484 bits per heavy atom. The van der Waals surface area contributed by atoms with E-state index >= 15 is 0 Å². The number of rotatable bonds is 8. The molecule has 4 aromatic heterocycles. The fraction of sp³-hybridized carbons (Fsp3) is 0.0345. The van der Waals surface area contributed by atoms with Gasteiger partial charge in [0.15, 0.2) is 11.6 Å². The first kappa shape index (κ1) is 37.3. The zero-order chi connectivity index (χ0) is 42.9. The third-order valence-corrected chi connectivity index (χ3v) is 12.5. The Morgan fingerprint density at radius 3 is 1.78 bits per heavy atom. The maximum absolute atomic E-state index is 6.41. The number of fused-ring (bicyclic) bond motifs is 9. The largest absolute Gasteiger partial charge is 0.456 e. The minimum Gasteiger partial charge on any atom is -0.456 e. The molecule has 0 N–H and O–H groups in total. The summed E-state index contributed by atoms with van der Waals surface area (Å²) in [7, 11) is 0. The summed E-state index contributed by atoms with van der Waals surface area (Å²) < 4.78 is 13.3. The number of hydrogen-bond donors (Lipinski definition) is 0. The molecule has 6 heteroatoms. The second-order valence-corrected chi connectivity index (χ2v) is 16.4. The fourth-order valence-electron chi connectivity index (χ4n) is 9.59. The van der Waals surface area contributed by atoms with Gasteiger partial charge in [0.1, 0.15) is 11.2 Å². The van der Waals surface area contributed by atoms with E-state index in [2.05, 4.69) is 186 Å². The normalized spacial score (nSPS) is 12.5. The van der Waals surface area contributed by atoms with Crippen LogP contribution in [0.3, 0.4) is 0 Å². The number of allylic oxidation sites excluding steroid dienone is 5. The molecule has 0 saturated heterocycles. The highest BCUT2D eigenvalue weighted by molar-refractivity contribution is 6.17. The highest BCUT2D eigenvalue weighted by Gasteiger charge is 2.21. The van der Waals surface area contributed by atoms with Gasteiger partial charge in [-0.05, 0) is 91.2 Å². The van der Waals surface area contributed by atoms with Gasteiger partial charge < -0.3 is 13.6 Å². The lowest BCUT2D eigenvalue weighted by atomic mass is 10.0. The first-order valence-corrected chi connectivity index (χ1v) is 21.6. The van der Waals surface area contributed by atoms with Crippen LogP contribution < -0.4 is 0 Å². The standard InChI is InChI=1S/C58H41N5O/c1-4-38(41-22-17-23-42(32-41)61-50-27-14-11-25-45(50)48-35-49-46-26-13-16-29-55(46)64-56(49)36-54(48)61)33-53(37(2)3)63-51-28-15-12-24-44(51)47-34-43(30-31-52(47)63)62-57(39-18-7-5-8-19-39)59-60-58(62)40-20-9-6-10-21-40/h4-36H,2H2,1,3H3/b38-4+,53-33+. The molecule has 0 amide bonds. The summed E-state index contributed by atoms with van der Waals surface area (Å²) in [6, 6.07) is 66.1. The Balaban J connectivity index is 1.00. The maximum Gasteiger partial charge on any atom is 0.168 e. The van der Waals surface area contributed by atoms with Crippen LogP contribution in [0, 0.1) is 0 Å². The van der Waals surface area contributed by atoms with Crippen LogP contribution in [0.25, 0.3) is 111 Å². The van der Waals surface area contributed by atoms with Crippen molar-refractivity contribution >= 4 is 76.8 Å². The molecule has 12 aromatic rings. The summed E-state index contributed by atoms with van der Waals surface area (Å²) >= 11 is 0. The number of aromatic nitrogens is 5. The molecule has 0 saturated carbocycles. The molecule has 304 valence electrons. The van der Waals surface area contributed by atoms with Crippen molar-refractivity contribution in [1.82, 2.24) is 23.9 Å². The molecule has 12 rings (SSSR count).